The Hall–Kier alpha value is -1.64. The number of nitrogens with two attached hydrogens (primary N) is 1. The van der Waals surface area contributed by atoms with Crippen molar-refractivity contribution < 1.29 is 23.1 Å². The average Bonchev–Trinajstić information content (AvgIpc) is 2.66. The molecule has 1 amide bonds. The highest BCUT2D eigenvalue weighted by molar-refractivity contribution is 7.89. The van der Waals surface area contributed by atoms with Crippen LogP contribution in [0.25, 0.3) is 0 Å². The fourth-order valence-corrected chi connectivity index (χ4v) is 3.45. The summed E-state index contributed by atoms with van der Waals surface area (Å²) in [7, 11) is -3.65. The lowest BCUT2D eigenvalue weighted by atomic mass is 10.1. The van der Waals surface area contributed by atoms with Crippen LogP contribution in [-0.2, 0) is 14.8 Å². The zero-order chi connectivity index (χ0) is 15.8. The van der Waals surface area contributed by atoms with E-state index in [1.807, 2.05) is 0 Å². The molecule has 1 aliphatic heterocycles. The molecule has 1 atom stereocenters. The normalized spacial score (nSPS) is 19.0. The van der Waals surface area contributed by atoms with Gasteiger partial charge in [-0.15, -0.1) is 0 Å². The van der Waals surface area contributed by atoms with E-state index in [9.17, 15) is 18.0 Å². The minimum absolute atomic E-state index is 0.0164. The van der Waals surface area contributed by atoms with Crippen LogP contribution in [-0.4, -0.2) is 37.7 Å². The Morgan fingerprint density at radius 1 is 1.48 bits per heavy atom. The van der Waals surface area contributed by atoms with E-state index in [1.165, 1.54) is 23.1 Å². The van der Waals surface area contributed by atoms with Crippen molar-refractivity contribution in [3.63, 3.8) is 0 Å². The standard InChI is InChI=1S/C12H13ClN2O5S/c13-10-4-8(1-2-9(10)12(17)18)15-5-7(3-11(15)16)6-21(14,19)20/h1-2,4,7H,3,5-6H2,(H,17,18)(H2,14,19,20). The van der Waals surface area contributed by atoms with E-state index in [2.05, 4.69) is 0 Å². The molecule has 0 spiro atoms. The van der Waals surface area contributed by atoms with Crippen LogP contribution in [0, 0.1) is 5.92 Å². The predicted octanol–water partition coefficient (Wildman–Crippen LogP) is 0.680. The van der Waals surface area contributed by atoms with Gasteiger partial charge in [-0.25, -0.2) is 18.4 Å². The number of hydrogen-bond acceptors (Lipinski definition) is 4. The summed E-state index contributed by atoms with van der Waals surface area (Å²) >= 11 is 5.86. The van der Waals surface area contributed by atoms with Crippen molar-refractivity contribution in [3.05, 3.63) is 28.8 Å². The molecule has 1 aromatic rings. The van der Waals surface area contributed by atoms with Crippen LogP contribution in [0.5, 0.6) is 0 Å². The van der Waals surface area contributed by atoms with Gasteiger partial charge >= 0.3 is 5.97 Å². The summed E-state index contributed by atoms with van der Waals surface area (Å²) in [5.41, 5.74) is 0.375. The first-order valence-corrected chi connectivity index (χ1v) is 8.10. The smallest absolute Gasteiger partial charge is 0.337 e. The number of primary sulfonamides is 1. The van der Waals surface area contributed by atoms with Crippen molar-refractivity contribution in [2.45, 2.75) is 6.42 Å². The van der Waals surface area contributed by atoms with Gasteiger partial charge < -0.3 is 10.0 Å². The largest absolute Gasteiger partial charge is 0.478 e. The highest BCUT2D eigenvalue weighted by Gasteiger charge is 2.33. The zero-order valence-electron chi connectivity index (χ0n) is 10.8. The lowest BCUT2D eigenvalue weighted by Gasteiger charge is -2.17. The molecule has 0 aromatic heterocycles. The van der Waals surface area contributed by atoms with Gasteiger partial charge in [0.2, 0.25) is 15.9 Å². The number of aromatic carboxylic acids is 1. The minimum Gasteiger partial charge on any atom is -0.478 e. The maximum atomic E-state index is 11.9. The van der Waals surface area contributed by atoms with Gasteiger partial charge in [0.15, 0.2) is 0 Å². The molecule has 2 rings (SSSR count). The van der Waals surface area contributed by atoms with Crippen LogP contribution in [0.15, 0.2) is 18.2 Å². The van der Waals surface area contributed by atoms with Gasteiger partial charge in [-0.3, -0.25) is 4.79 Å². The van der Waals surface area contributed by atoms with Crippen molar-refractivity contribution in [2.75, 3.05) is 17.2 Å². The van der Waals surface area contributed by atoms with Crippen LogP contribution in [0.1, 0.15) is 16.8 Å². The molecule has 114 valence electrons. The van der Waals surface area contributed by atoms with E-state index in [-0.39, 0.29) is 41.1 Å². The first-order chi connectivity index (χ1) is 9.67. The van der Waals surface area contributed by atoms with E-state index in [0.29, 0.717) is 5.69 Å². The second-order valence-electron chi connectivity index (χ2n) is 4.87. The van der Waals surface area contributed by atoms with Crippen LogP contribution < -0.4 is 10.0 Å². The van der Waals surface area contributed by atoms with Crippen molar-refractivity contribution in [1.29, 1.82) is 0 Å². The third-order valence-electron chi connectivity index (χ3n) is 3.17. The van der Waals surface area contributed by atoms with Crippen molar-refractivity contribution in [1.82, 2.24) is 0 Å². The molecule has 0 saturated carbocycles. The Kier molecular flexibility index (Phi) is 4.22. The van der Waals surface area contributed by atoms with E-state index in [4.69, 9.17) is 21.8 Å². The Labute approximate surface area is 126 Å². The Morgan fingerprint density at radius 3 is 2.67 bits per heavy atom. The number of carboxylic acids is 1. The molecule has 1 aliphatic rings. The summed E-state index contributed by atoms with van der Waals surface area (Å²) in [6, 6.07) is 4.15. The third kappa shape index (κ3) is 3.72. The number of sulfonamides is 1. The number of benzene rings is 1. The third-order valence-corrected chi connectivity index (χ3v) is 4.42. The van der Waals surface area contributed by atoms with Crippen LogP contribution >= 0.6 is 11.6 Å². The second kappa shape index (κ2) is 5.63. The average molecular weight is 333 g/mol. The highest BCUT2D eigenvalue weighted by Crippen LogP contribution is 2.29. The number of carboxylic acid groups (broad SMARTS) is 1. The molecule has 1 aromatic carbocycles. The second-order valence-corrected chi connectivity index (χ2v) is 6.94. The summed E-state index contributed by atoms with van der Waals surface area (Å²) in [4.78, 5) is 24.2. The van der Waals surface area contributed by atoms with Crippen LogP contribution in [0.4, 0.5) is 5.69 Å². The molecule has 0 radical (unpaired) electrons. The summed E-state index contributed by atoms with van der Waals surface area (Å²) in [6.07, 6.45) is 0.0781. The summed E-state index contributed by atoms with van der Waals surface area (Å²) < 4.78 is 22.1. The number of nitrogens with zero attached hydrogens (tertiary/aromatic N) is 1. The van der Waals surface area contributed by atoms with Gasteiger partial charge in [0.05, 0.1) is 16.3 Å². The predicted molar refractivity (Wildman–Crippen MR) is 76.8 cm³/mol. The van der Waals surface area contributed by atoms with Crippen molar-refractivity contribution in [2.24, 2.45) is 11.1 Å². The molecule has 1 fully saturated rings. The first-order valence-electron chi connectivity index (χ1n) is 6.01. The van der Waals surface area contributed by atoms with E-state index in [0.717, 1.165) is 0 Å². The number of anilines is 1. The van der Waals surface area contributed by atoms with Crippen molar-refractivity contribution in [3.8, 4) is 0 Å². The first kappa shape index (κ1) is 15.7. The molecule has 3 N–H and O–H groups in total. The van der Waals surface area contributed by atoms with Gasteiger partial charge in [-0.05, 0) is 18.2 Å². The summed E-state index contributed by atoms with van der Waals surface area (Å²) in [5, 5.41) is 13.9. The fraction of sp³-hybridized carbons (Fsp3) is 0.333. The zero-order valence-corrected chi connectivity index (χ0v) is 12.4. The van der Waals surface area contributed by atoms with E-state index < -0.39 is 16.0 Å². The SMILES string of the molecule is NS(=O)(=O)CC1CC(=O)N(c2ccc(C(=O)O)c(Cl)c2)C1. The Morgan fingerprint density at radius 2 is 2.14 bits per heavy atom. The Balaban J connectivity index is 2.21. The molecule has 0 bridgehead atoms. The van der Waals surface area contributed by atoms with Gasteiger partial charge in [0.25, 0.3) is 0 Å². The molecule has 9 heteroatoms. The van der Waals surface area contributed by atoms with Gasteiger partial charge in [0, 0.05) is 24.6 Å². The van der Waals surface area contributed by atoms with Crippen LogP contribution in [0.2, 0.25) is 5.02 Å². The van der Waals surface area contributed by atoms with Crippen LogP contribution in [0.3, 0.4) is 0 Å². The van der Waals surface area contributed by atoms with Crippen molar-refractivity contribution >= 4 is 39.2 Å². The monoisotopic (exact) mass is 332 g/mol. The highest BCUT2D eigenvalue weighted by atomic mass is 35.5. The number of rotatable bonds is 4. The Bertz CT molecular complexity index is 704. The number of amides is 1. The molecule has 0 aliphatic carbocycles. The molecule has 21 heavy (non-hydrogen) atoms. The number of halogens is 1. The summed E-state index contributed by atoms with van der Waals surface area (Å²) in [5.74, 6) is -2.06. The number of hydrogen-bond donors (Lipinski definition) is 2. The van der Waals surface area contributed by atoms with Gasteiger partial charge in [-0.1, -0.05) is 11.6 Å². The van der Waals surface area contributed by atoms with Gasteiger partial charge in [0.1, 0.15) is 0 Å². The topological polar surface area (TPSA) is 118 Å². The molecule has 7 nitrogen and oxygen atoms in total. The number of carbonyl (C=O) groups is 2. The lowest BCUT2D eigenvalue weighted by Crippen LogP contribution is -2.27. The van der Waals surface area contributed by atoms with Gasteiger partial charge in [-0.2, -0.15) is 0 Å². The molecular formula is C12H13ClN2O5S. The molecule has 1 unspecified atom stereocenters. The number of carbonyl (C=O) groups excluding carboxylic acids is 1. The maximum Gasteiger partial charge on any atom is 0.337 e. The van der Waals surface area contributed by atoms with E-state index in [1.54, 1.807) is 0 Å². The molecular weight excluding hydrogens is 320 g/mol. The summed E-state index contributed by atoms with van der Waals surface area (Å²) in [6.45, 7) is 0.206. The molecule has 1 saturated heterocycles. The quantitative estimate of drug-likeness (QED) is 0.840. The van der Waals surface area contributed by atoms with E-state index >= 15 is 0 Å². The molecule has 1 heterocycles. The fourth-order valence-electron chi connectivity index (χ4n) is 2.32. The minimum atomic E-state index is -3.65. The lowest BCUT2D eigenvalue weighted by molar-refractivity contribution is -0.117. The maximum absolute atomic E-state index is 11.9.